The summed E-state index contributed by atoms with van der Waals surface area (Å²) in [5.74, 6) is -3.46. The topological polar surface area (TPSA) is 169 Å². The van der Waals surface area contributed by atoms with E-state index in [0.29, 0.717) is 45.2 Å². The van der Waals surface area contributed by atoms with Gasteiger partial charge in [0.25, 0.3) is 0 Å². The van der Waals surface area contributed by atoms with Crippen molar-refractivity contribution in [3.05, 3.63) is 41.7 Å². The van der Waals surface area contributed by atoms with Crippen molar-refractivity contribution in [2.24, 2.45) is 11.8 Å². The lowest BCUT2D eigenvalue weighted by molar-refractivity contribution is -0.142. The van der Waals surface area contributed by atoms with E-state index in [0.717, 1.165) is 29.8 Å². The Morgan fingerprint density at radius 3 is 2.44 bits per heavy atom. The van der Waals surface area contributed by atoms with E-state index in [1.54, 1.807) is 0 Å². The van der Waals surface area contributed by atoms with Crippen LogP contribution in [0.25, 0.3) is 0 Å². The van der Waals surface area contributed by atoms with Gasteiger partial charge in [0.15, 0.2) is 0 Å². The number of hydrogen-bond acceptors (Lipinski definition) is 8. The Labute approximate surface area is 239 Å². The van der Waals surface area contributed by atoms with Gasteiger partial charge in [-0.3, -0.25) is 28.3 Å². The highest BCUT2D eigenvalue weighted by Crippen LogP contribution is 2.45. The molecule has 0 spiro atoms. The molecular weight excluding hydrogens is 558 g/mol. The smallest absolute Gasteiger partial charge is 0.328 e. The number of allylic oxidation sites excluding steroid dienone is 1. The molecule has 1 aromatic rings. The number of aliphatic carboxylic acids is 2. The lowest BCUT2D eigenvalue weighted by atomic mass is 9.93. The summed E-state index contributed by atoms with van der Waals surface area (Å²) in [6, 6.07) is 7.88. The number of amides is 1. The first-order valence-corrected chi connectivity index (χ1v) is 15.7. The number of benzene rings is 1. The molecule has 2 aliphatic heterocycles. The van der Waals surface area contributed by atoms with Crippen molar-refractivity contribution in [3.63, 3.8) is 0 Å². The first-order valence-electron chi connectivity index (χ1n) is 13.9. The quantitative estimate of drug-likeness (QED) is 0.167. The lowest BCUT2D eigenvalue weighted by Gasteiger charge is -2.32. The maximum absolute atomic E-state index is 12.8. The second kappa shape index (κ2) is 15.9. The van der Waals surface area contributed by atoms with Crippen LogP contribution in [0.4, 0.5) is 10.1 Å². The average molecular weight is 599 g/mol. The van der Waals surface area contributed by atoms with Crippen LogP contribution in [0.2, 0.25) is 0 Å². The van der Waals surface area contributed by atoms with Crippen molar-refractivity contribution < 1.29 is 43.0 Å². The maximum atomic E-state index is 12.8. The molecule has 2 unspecified atom stereocenters. The normalized spacial score (nSPS) is 18.0. The predicted octanol–water partition coefficient (Wildman–Crippen LogP) is 3.44. The third-order valence-corrected chi connectivity index (χ3v) is 8.83. The number of likely N-dealkylation sites (tertiary alicyclic amines) is 1. The molecule has 1 amide bonds. The Hall–Kier alpha value is -2.99. The Kier molecular flexibility index (Phi) is 12.6. The van der Waals surface area contributed by atoms with Gasteiger partial charge in [0.2, 0.25) is 5.91 Å². The van der Waals surface area contributed by atoms with Gasteiger partial charge in [-0.05, 0) is 68.6 Å². The molecule has 2 atom stereocenters. The Morgan fingerprint density at radius 2 is 1.80 bits per heavy atom. The number of piperidine rings is 1. The zero-order chi connectivity index (χ0) is 29.8. The number of hydrazine groups is 2. The van der Waals surface area contributed by atoms with Gasteiger partial charge in [0.1, 0.15) is 0 Å². The van der Waals surface area contributed by atoms with Gasteiger partial charge in [-0.25, -0.2) is 0 Å². The van der Waals surface area contributed by atoms with Crippen molar-refractivity contribution in [2.75, 3.05) is 37.5 Å². The van der Waals surface area contributed by atoms with E-state index in [-0.39, 0.29) is 31.5 Å². The summed E-state index contributed by atoms with van der Waals surface area (Å²) in [5, 5.41) is 19.8. The summed E-state index contributed by atoms with van der Waals surface area (Å²) >= 11 is 0. The van der Waals surface area contributed by atoms with Crippen molar-refractivity contribution in [1.82, 2.24) is 15.9 Å². The Balaban J connectivity index is 1.34. The van der Waals surface area contributed by atoms with Crippen LogP contribution >= 0.6 is 7.60 Å². The number of rotatable bonds is 17. The molecule has 0 radical (unpaired) electrons. The standard InChI is InChI=1S/C27H40FN4O8P/c28-14-1-2-23-18-32(30-29-23)24-7-3-20(4-8-24)5-9-25(33)31-15-11-21(12-16-31)13-17-40-41(38,39)19-22(27(36)37)6-10-26(34)35/h3-4,7-8,18,21-22,29-30H,1-2,5-6,9-17,19H2,(H,34,35)(H,36,37)(H,38,39). The van der Waals surface area contributed by atoms with Crippen molar-refractivity contribution in [2.45, 2.75) is 57.8 Å². The molecule has 2 aliphatic rings. The van der Waals surface area contributed by atoms with Crippen molar-refractivity contribution >= 4 is 31.1 Å². The minimum Gasteiger partial charge on any atom is -0.481 e. The fourth-order valence-corrected chi connectivity index (χ4v) is 6.26. The zero-order valence-electron chi connectivity index (χ0n) is 23.0. The van der Waals surface area contributed by atoms with Crippen LogP contribution in [0.1, 0.15) is 56.9 Å². The monoisotopic (exact) mass is 598 g/mol. The highest BCUT2D eigenvalue weighted by Gasteiger charge is 2.31. The SMILES string of the molecule is O=C(O)CCC(CP(=O)(O)OCCC1CCN(C(=O)CCc2ccc(N3C=C(CCCF)NN3)cc2)CC1)C(=O)O. The van der Waals surface area contributed by atoms with E-state index < -0.39 is 38.0 Å². The maximum Gasteiger partial charge on any atom is 0.328 e. The van der Waals surface area contributed by atoms with Crippen LogP contribution in [-0.2, 0) is 29.9 Å². The Morgan fingerprint density at radius 1 is 1.10 bits per heavy atom. The number of nitrogens with zero attached hydrogens (tertiary/aromatic N) is 2. The Bertz CT molecular complexity index is 1110. The summed E-state index contributed by atoms with van der Waals surface area (Å²) in [7, 11) is -4.18. The largest absolute Gasteiger partial charge is 0.481 e. The number of aryl methyl sites for hydroxylation is 1. The second-order valence-electron chi connectivity index (χ2n) is 10.5. The molecule has 2 heterocycles. The predicted molar refractivity (Wildman–Crippen MR) is 149 cm³/mol. The summed E-state index contributed by atoms with van der Waals surface area (Å²) < 4.78 is 29.8. The highest BCUT2D eigenvalue weighted by molar-refractivity contribution is 7.52. The number of carbonyl (C=O) groups is 3. The molecule has 0 saturated carbocycles. The average Bonchev–Trinajstić information content (AvgIpc) is 3.42. The third kappa shape index (κ3) is 11.1. The number of hydrogen-bond donors (Lipinski definition) is 5. The van der Waals surface area contributed by atoms with Crippen LogP contribution in [0.5, 0.6) is 0 Å². The minimum atomic E-state index is -4.18. The van der Waals surface area contributed by atoms with Gasteiger partial charge in [0, 0.05) is 37.8 Å². The molecule has 41 heavy (non-hydrogen) atoms. The summed E-state index contributed by atoms with van der Waals surface area (Å²) in [5.41, 5.74) is 8.93. The highest BCUT2D eigenvalue weighted by atomic mass is 31.2. The molecule has 5 N–H and O–H groups in total. The summed E-state index contributed by atoms with van der Waals surface area (Å²) in [6.07, 6.45) is 4.72. The first kappa shape index (κ1) is 32.5. The van der Waals surface area contributed by atoms with Gasteiger partial charge in [-0.1, -0.05) is 12.1 Å². The van der Waals surface area contributed by atoms with Crippen LogP contribution in [0, 0.1) is 11.8 Å². The summed E-state index contributed by atoms with van der Waals surface area (Å²) in [6.45, 7) is 0.831. The third-order valence-electron chi connectivity index (χ3n) is 7.34. The van der Waals surface area contributed by atoms with E-state index in [1.165, 1.54) is 0 Å². The van der Waals surface area contributed by atoms with Gasteiger partial charge in [0.05, 0.1) is 31.0 Å². The fraction of sp³-hybridized carbons (Fsp3) is 0.593. The molecular formula is C27H40FN4O8P. The molecule has 12 nitrogen and oxygen atoms in total. The number of carboxylic acid groups (broad SMARTS) is 2. The van der Waals surface area contributed by atoms with E-state index >= 15 is 0 Å². The van der Waals surface area contributed by atoms with E-state index in [1.807, 2.05) is 40.4 Å². The first-order chi connectivity index (χ1) is 19.6. The van der Waals surface area contributed by atoms with E-state index in [2.05, 4.69) is 11.0 Å². The number of nitrogens with one attached hydrogen (secondary N) is 2. The molecule has 14 heteroatoms. The number of carbonyl (C=O) groups excluding carboxylic acids is 1. The molecule has 3 rings (SSSR count). The van der Waals surface area contributed by atoms with Crippen molar-refractivity contribution in [3.8, 4) is 0 Å². The number of anilines is 1. The number of halogens is 1. The van der Waals surface area contributed by atoms with Gasteiger partial charge in [-0.2, -0.15) is 0 Å². The molecule has 0 bridgehead atoms. The second-order valence-corrected chi connectivity index (χ2v) is 12.4. The van der Waals surface area contributed by atoms with Gasteiger partial charge < -0.3 is 30.0 Å². The molecule has 1 fully saturated rings. The number of carboxylic acids is 2. The molecule has 228 valence electrons. The molecule has 0 aliphatic carbocycles. The number of alkyl halides is 1. The van der Waals surface area contributed by atoms with Gasteiger partial charge in [-0.15, -0.1) is 5.53 Å². The lowest BCUT2D eigenvalue weighted by Crippen LogP contribution is -2.38. The van der Waals surface area contributed by atoms with Crippen LogP contribution < -0.4 is 16.0 Å². The van der Waals surface area contributed by atoms with Crippen LogP contribution in [0.15, 0.2) is 36.2 Å². The molecule has 0 aromatic heterocycles. The van der Waals surface area contributed by atoms with Gasteiger partial charge >= 0.3 is 19.5 Å². The molecule has 1 aromatic carbocycles. The fourth-order valence-electron chi connectivity index (χ4n) is 4.86. The molecule has 1 saturated heterocycles. The summed E-state index contributed by atoms with van der Waals surface area (Å²) in [4.78, 5) is 46.6. The van der Waals surface area contributed by atoms with E-state index in [4.69, 9.17) is 9.63 Å². The van der Waals surface area contributed by atoms with E-state index in [9.17, 15) is 33.3 Å². The van der Waals surface area contributed by atoms with Crippen LogP contribution in [0.3, 0.4) is 0 Å². The van der Waals surface area contributed by atoms with Crippen LogP contribution in [-0.4, -0.2) is 70.4 Å². The zero-order valence-corrected chi connectivity index (χ0v) is 23.9. The van der Waals surface area contributed by atoms with Crippen molar-refractivity contribution in [1.29, 1.82) is 0 Å². The minimum absolute atomic E-state index is 0.00854.